The fraction of sp³-hybridized carbons (Fsp3) is 0.231. The highest BCUT2D eigenvalue weighted by Crippen LogP contribution is 2.56. The van der Waals surface area contributed by atoms with Crippen LogP contribution in [0.4, 0.5) is 0 Å². The van der Waals surface area contributed by atoms with E-state index in [1.165, 1.54) is 15.9 Å². The zero-order valence-corrected chi connectivity index (χ0v) is 19.4. The van der Waals surface area contributed by atoms with Crippen molar-refractivity contribution in [1.29, 1.82) is 0 Å². The van der Waals surface area contributed by atoms with Crippen molar-refractivity contribution < 1.29 is 12.4 Å². The third kappa shape index (κ3) is 5.10. The van der Waals surface area contributed by atoms with E-state index >= 15 is 0 Å². The minimum absolute atomic E-state index is 0. The van der Waals surface area contributed by atoms with Crippen molar-refractivity contribution in [2.45, 2.75) is 39.8 Å². The molecule has 29 heavy (non-hydrogen) atoms. The summed E-state index contributed by atoms with van der Waals surface area (Å²) in [6, 6.07) is 33.9. The van der Waals surface area contributed by atoms with Gasteiger partial charge in [-0.3, -0.25) is 0 Å². The first-order valence-corrected chi connectivity index (χ1v) is 11.9. The van der Waals surface area contributed by atoms with Gasteiger partial charge in [0.15, 0.2) is 0 Å². The molecule has 0 fully saturated rings. The average Bonchev–Trinajstić information content (AvgIpc) is 2.73. The van der Waals surface area contributed by atoms with Crippen molar-refractivity contribution in [2.24, 2.45) is 0 Å². The predicted octanol–water partition coefficient (Wildman–Crippen LogP) is 2.57. The Morgan fingerprint density at radius 1 is 0.586 bits per heavy atom. The molecular formula is C26H31ClNP. The van der Waals surface area contributed by atoms with Crippen LogP contribution in [0.2, 0.25) is 0 Å². The van der Waals surface area contributed by atoms with E-state index in [1.54, 1.807) is 0 Å². The molecule has 0 N–H and O–H groups in total. The molecule has 1 nitrogen and oxygen atoms in total. The summed E-state index contributed by atoms with van der Waals surface area (Å²) in [4.78, 5) is 2.45. The first kappa shape index (κ1) is 23.2. The van der Waals surface area contributed by atoms with E-state index in [-0.39, 0.29) is 12.4 Å². The number of halogens is 1. The molecule has 0 spiro atoms. The monoisotopic (exact) mass is 423 g/mol. The number of rotatable bonds is 7. The zero-order chi connectivity index (χ0) is 20.0. The Hall–Kier alpha value is -2.08. The number of benzene rings is 3. The van der Waals surface area contributed by atoms with Gasteiger partial charge in [-0.25, -0.2) is 0 Å². The lowest BCUT2D eigenvalue weighted by molar-refractivity contribution is -0.00000624. The van der Waals surface area contributed by atoms with Crippen LogP contribution >= 0.6 is 7.26 Å². The van der Waals surface area contributed by atoms with Crippen molar-refractivity contribution in [2.75, 3.05) is 0 Å². The standard InChI is InChI=1S/C26H31NP.ClH/c1-22(2)27(23(3)4)20-21-28(24-14-8-5-9-15-24,25-16-10-6-11-17-25)26-18-12-7-13-19-26;/h5-23H,1-4H3;1H/q+1;/p-1/b21-20+;. The van der Waals surface area contributed by atoms with E-state index in [1.807, 2.05) is 0 Å². The molecule has 0 heterocycles. The Kier molecular flexibility index (Phi) is 8.50. The second kappa shape index (κ2) is 10.6. The van der Waals surface area contributed by atoms with Crippen LogP contribution in [0, 0.1) is 0 Å². The van der Waals surface area contributed by atoms with Gasteiger partial charge in [-0.15, -0.1) is 0 Å². The maximum atomic E-state index is 2.49. The van der Waals surface area contributed by atoms with Crippen LogP contribution in [0.1, 0.15) is 27.7 Å². The van der Waals surface area contributed by atoms with Crippen molar-refractivity contribution in [1.82, 2.24) is 4.90 Å². The van der Waals surface area contributed by atoms with E-state index in [0.29, 0.717) is 12.1 Å². The minimum Gasteiger partial charge on any atom is -1.00 e. The van der Waals surface area contributed by atoms with Gasteiger partial charge >= 0.3 is 0 Å². The smallest absolute Gasteiger partial charge is 0.138 e. The largest absolute Gasteiger partial charge is 1.00 e. The van der Waals surface area contributed by atoms with Gasteiger partial charge in [0.2, 0.25) is 0 Å². The van der Waals surface area contributed by atoms with Gasteiger partial charge in [0.25, 0.3) is 0 Å². The average molecular weight is 424 g/mol. The Balaban J connectivity index is 0.00000300. The summed E-state index contributed by atoms with van der Waals surface area (Å²) in [6.45, 7) is 9.05. The van der Waals surface area contributed by atoms with Gasteiger partial charge in [0.05, 0.1) is 5.82 Å². The Bertz CT molecular complexity index is 772. The van der Waals surface area contributed by atoms with Gasteiger partial charge in [-0.1, -0.05) is 54.6 Å². The third-order valence-corrected chi connectivity index (χ3v) is 9.06. The van der Waals surface area contributed by atoms with Crippen LogP contribution in [-0.2, 0) is 0 Å². The van der Waals surface area contributed by atoms with Crippen LogP contribution in [0.3, 0.4) is 0 Å². The summed E-state index contributed by atoms with van der Waals surface area (Å²) in [5, 5.41) is 4.16. The van der Waals surface area contributed by atoms with Gasteiger partial charge in [-0.05, 0) is 64.1 Å². The second-order valence-electron chi connectivity index (χ2n) is 7.66. The fourth-order valence-electron chi connectivity index (χ4n) is 3.81. The van der Waals surface area contributed by atoms with E-state index in [4.69, 9.17) is 0 Å². The summed E-state index contributed by atoms with van der Waals surface area (Å²) >= 11 is 0. The molecule has 3 aromatic carbocycles. The lowest BCUT2D eigenvalue weighted by atomic mass is 10.2. The van der Waals surface area contributed by atoms with Gasteiger partial charge in [-0.2, -0.15) is 0 Å². The van der Waals surface area contributed by atoms with Crippen LogP contribution < -0.4 is 28.3 Å². The van der Waals surface area contributed by atoms with E-state index in [9.17, 15) is 0 Å². The molecule has 0 saturated carbocycles. The topological polar surface area (TPSA) is 3.24 Å². The predicted molar refractivity (Wildman–Crippen MR) is 126 cm³/mol. The van der Waals surface area contributed by atoms with Gasteiger partial charge < -0.3 is 17.3 Å². The normalized spacial score (nSPS) is 11.7. The molecule has 0 aliphatic rings. The molecule has 3 rings (SSSR count). The molecule has 0 radical (unpaired) electrons. The summed E-state index contributed by atoms with van der Waals surface area (Å²) in [5.41, 5.74) is 0. The molecule has 3 heteroatoms. The first-order chi connectivity index (χ1) is 13.6. The van der Waals surface area contributed by atoms with E-state index < -0.39 is 7.26 Å². The molecule has 0 atom stereocenters. The molecule has 152 valence electrons. The summed E-state index contributed by atoms with van der Waals surface area (Å²) in [6.07, 6.45) is 2.34. The van der Waals surface area contributed by atoms with Crippen LogP contribution in [0.15, 0.2) is 103 Å². The van der Waals surface area contributed by atoms with E-state index in [2.05, 4.69) is 136 Å². The van der Waals surface area contributed by atoms with E-state index in [0.717, 1.165) is 0 Å². The van der Waals surface area contributed by atoms with Crippen molar-refractivity contribution in [3.05, 3.63) is 103 Å². The number of hydrogen-bond donors (Lipinski definition) is 0. The highest BCUT2D eigenvalue weighted by molar-refractivity contribution is 7.98. The molecule has 0 unspecified atom stereocenters. The van der Waals surface area contributed by atoms with Crippen LogP contribution in [-0.4, -0.2) is 17.0 Å². The molecular weight excluding hydrogens is 393 g/mol. The quantitative estimate of drug-likeness (QED) is 0.528. The minimum atomic E-state index is -1.91. The van der Waals surface area contributed by atoms with Crippen molar-refractivity contribution in [3.63, 3.8) is 0 Å². The molecule has 0 amide bonds. The molecule has 0 bridgehead atoms. The van der Waals surface area contributed by atoms with Crippen molar-refractivity contribution >= 4 is 23.2 Å². The Labute approximate surface area is 183 Å². The molecule has 0 aromatic heterocycles. The lowest BCUT2D eigenvalue weighted by Crippen LogP contribution is -3.00. The highest BCUT2D eigenvalue weighted by atomic mass is 35.5. The van der Waals surface area contributed by atoms with Crippen molar-refractivity contribution in [3.8, 4) is 0 Å². The zero-order valence-electron chi connectivity index (χ0n) is 17.7. The van der Waals surface area contributed by atoms with Gasteiger partial charge in [0, 0.05) is 18.3 Å². The van der Waals surface area contributed by atoms with Crippen LogP contribution in [0.25, 0.3) is 0 Å². The third-order valence-electron chi connectivity index (χ3n) is 5.15. The summed E-state index contributed by atoms with van der Waals surface area (Å²) in [5.74, 6) is 2.49. The SMILES string of the molecule is CC(C)N(/C=C/[P+](c1ccccc1)(c1ccccc1)c1ccccc1)C(C)C.[Cl-]. The maximum absolute atomic E-state index is 2.49. The van der Waals surface area contributed by atoms with Gasteiger partial charge in [0.1, 0.15) is 23.2 Å². The Morgan fingerprint density at radius 2 is 0.897 bits per heavy atom. The maximum Gasteiger partial charge on any atom is 0.138 e. The molecule has 0 aliphatic carbocycles. The summed E-state index contributed by atoms with van der Waals surface area (Å²) in [7, 11) is -1.91. The molecule has 0 aliphatic heterocycles. The number of nitrogens with zero attached hydrogens (tertiary/aromatic N) is 1. The molecule has 3 aromatic rings. The Morgan fingerprint density at radius 3 is 1.17 bits per heavy atom. The molecule has 0 saturated heterocycles. The lowest BCUT2D eigenvalue weighted by Gasteiger charge is -2.30. The van der Waals surface area contributed by atoms with Crippen LogP contribution in [0.5, 0.6) is 0 Å². The second-order valence-corrected chi connectivity index (χ2v) is 11.0. The fourth-order valence-corrected chi connectivity index (χ4v) is 7.50. The number of hydrogen-bond acceptors (Lipinski definition) is 1. The summed E-state index contributed by atoms with van der Waals surface area (Å²) < 4.78 is 0. The highest BCUT2D eigenvalue weighted by Gasteiger charge is 2.43. The first-order valence-electron chi connectivity index (χ1n) is 10.1.